The van der Waals surface area contributed by atoms with Gasteiger partial charge in [0.05, 0.1) is 6.42 Å². The van der Waals surface area contributed by atoms with Crippen LogP contribution in [-0.2, 0) is 17.6 Å². The van der Waals surface area contributed by atoms with Gasteiger partial charge in [0.15, 0.2) is 0 Å². The maximum Gasteiger partial charge on any atom is 0.387 e. The predicted molar refractivity (Wildman–Crippen MR) is 91.8 cm³/mol. The third-order valence-corrected chi connectivity index (χ3v) is 3.90. The zero-order chi connectivity index (χ0) is 17.6. The van der Waals surface area contributed by atoms with E-state index in [-0.39, 0.29) is 18.1 Å². The molecule has 3 aromatic rings. The van der Waals surface area contributed by atoms with Gasteiger partial charge < -0.3 is 15.0 Å². The number of amides is 1. The van der Waals surface area contributed by atoms with E-state index in [1.807, 2.05) is 30.5 Å². The first kappa shape index (κ1) is 17.0. The van der Waals surface area contributed by atoms with Gasteiger partial charge in [-0.3, -0.25) is 4.79 Å². The molecule has 0 aliphatic heterocycles. The van der Waals surface area contributed by atoms with Crippen LogP contribution in [0.2, 0.25) is 0 Å². The molecule has 2 N–H and O–H groups in total. The van der Waals surface area contributed by atoms with Crippen LogP contribution in [0.1, 0.15) is 11.1 Å². The highest BCUT2D eigenvalue weighted by molar-refractivity contribution is 5.83. The molecule has 4 nitrogen and oxygen atoms in total. The van der Waals surface area contributed by atoms with Crippen molar-refractivity contribution in [3.63, 3.8) is 0 Å². The van der Waals surface area contributed by atoms with E-state index < -0.39 is 6.61 Å². The third kappa shape index (κ3) is 4.56. The van der Waals surface area contributed by atoms with Gasteiger partial charge >= 0.3 is 6.61 Å². The highest BCUT2D eigenvalue weighted by Crippen LogP contribution is 2.18. The Kier molecular flexibility index (Phi) is 5.28. The minimum Gasteiger partial charge on any atom is -0.435 e. The van der Waals surface area contributed by atoms with Crippen molar-refractivity contribution in [2.45, 2.75) is 19.5 Å². The van der Waals surface area contributed by atoms with Gasteiger partial charge in [0, 0.05) is 23.6 Å². The van der Waals surface area contributed by atoms with Crippen LogP contribution >= 0.6 is 0 Å². The summed E-state index contributed by atoms with van der Waals surface area (Å²) in [4.78, 5) is 15.2. The fraction of sp³-hybridized carbons (Fsp3) is 0.211. The lowest BCUT2D eigenvalue weighted by Gasteiger charge is -2.07. The number of ether oxygens (including phenoxy) is 1. The number of nitrogens with one attached hydrogen (secondary N) is 2. The number of H-pyrrole nitrogens is 1. The van der Waals surface area contributed by atoms with Gasteiger partial charge in [0.2, 0.25) is 5.91 Å². The van der Waals surface area contributed by atoms with Crippen LogP contribution in [0.4, 0.5) is 8.78 Å². The molecular weight excluding hydrogens is 326 g/mol. The van der Waals surface area contributed by atoms with Crippen LogP contribution in [0.3, 0.4) is 0 Å². The van der Waals surface area contributed by atoms with Crippen molar-refractivity contribution in [3.05, 3.63) is 65.9 Å². The van der Waals surface area contributed by atoms with Crippen molar-refractivity contribution in [1.82, 2.24) is 10.3 Å². The molecule has 0 bridgehead atoms. The highest BCUT2D eigenvalue weighted by Gasteiger charge is 2.07. The molecule has 25 heavy (non-hydrogen) atoms. The smallest absolute Gasteiger partial charge is 0.387 e. The number of fused-ring (bicyclic) bond motifs is 1. The Morgan fingerprint density at radius 1 is 1.12 bits per heavy atom. The normalized spacial score (nSPS) is 11.0. The molecule has 0 fully saturated rings. The summed E-state index contributed by atoms with van der Waals surface area (Å²) >= 11 is 0. The third-order valence-electron chi connectivity index (χ3n) is 3.90. The average molecular weight is 344 g/mol. The predicted octanol–water partition coefficient (Wildman–Crippen LogP) is 3.67. The van der Waals surface area contributed by atoms with E-state index in [1.54, 1.807) is 12.1 Å². The molecule has 0 saturated heterocycles. The quantitative estimate of drug-likeness (QED) is 0.687. The summed E-state index contributed by atoms with van der Waals surface area (Å²) in [6, 6.07) is 14.1. The van der Waals surface area contributed by atoms with Gasteiger partial charge in [-0.1, -0.05) is 30.3 Å². The van der Waals surface area contributed by atoms with E-state index in [9.17, 15) is 13.6 Å². The largest absolute Gasteiger partial charge is 0.435 e. The number of alkyl halides is 2. The standard InChI is InChI=1S/C19H18F2N2O2/c20-19(21)25-15-7-5-13(6-8-15)11-18(24)22-10-9-14-12-23-17-4-2-1-3-16(14)17/h1-8,12,19,23H,9-11H2,(H,22,24). The highest BCUT2D eigenvalue weighted by atomic mass is 19.3. The number of carbonyl (C=O) groups is 1. The second-order valence-corrected chi connectivity index (χ2v) is 5.66. The number of halogens is 2. The number of para-hydroxylation sites is 1. The number of benzene rings is 2. The molecular formula is C19H18F2N2O2. The maximum atomic E-state index is 12.1. The first-order chi connectivity index (χ1) is 12.1. The second-order valence-electron chi connectivity index (χ2n) is 5.66. The summed E-state index contributed by atoms with van der Waals surface area (Å²) < 4.78 is 28.5. The Bertz CT molecular complexity index is 844. The average Bonchev–Trinajstić information content (AvgIpc) is 3.00. The molecule has 3 rings (SSSR count). The van der Waals surface area contributed by atoms with Crippen molar-refractivity contribution in [2.75, 3.05) is 6.54 Å². The van der Waals surface area contributed by atoms with Gasteiger partial charge in [-0.2, -0.15) is 8.78 Å². The van der Waals surface area contributed by atoms with Crippen LogP contribution in [0.5, 0.6) is 5.75 Å². The lowest BCUT2D eigenvalue weighted by atomic mass is 10.1. The summed E-state index contributed by atoms with van der Waals surface area (Å²) in [5.41, 5.74) is 2.98. The van der Waals surface area contributed by atoms with Crippen molar-refractivity contribution in [2.24, 2.45) is 0 Å². The molecule has 1 amide bonds. The van der Waals surface area contributed by atoms with Gasteiger partial charge in [0.25, 0.3) is 0 Å². The van der Waals surface area contributed by atoms with Crippen molar-refractivity contribution < 1.29 is 18.3 Å². The summed E-state index contributed by atoms with van der Waals surface area (Å²) in [7, 11) is 0. The summed E-state index contributed by atoms with van der Waals surface area (Å²) in [5, 5.41) is 4.04. The SMILES string of the molecule is O=C(Cc1ccc(OC(F)F)cc1)NCCc1c[nH]c2ccccc12. The van der Waals surface area contributed by atoms with Gasteiger partial charge in [-0.05, 0) is 35.7 Å². The molecule has 2 aromatic carbocycles. The van der Waals surface area contributed by atoms with Crippen molar-refractivity contribution in [1.29, 1.82) is 0 Å². The van der Waals surface area contributed by atoms with E-state index in [2.05, 4.69) is 15.0 Å². The first-order valence-electron chi connectivity index (χ1n) is 7.97. The number of aromatic nitrogens is 1. The van der Waals surface area contributed by atoms with Gasteiger partial charge in [0.1, 0.15) is 5.75 Å². The Hall–Kier alpha value is -2.89. The molecule has 0 spiro atoms. The van der Waals surface area contributed by atoms with Crippen LogP contribution in [-0.4, -0.2) is 24.0 Å². The molecule has 130 valence electrons. The van der Waals surface area contributed by atoms with E-state index in [1.165, 1.54) is 12.1 Å². The zero-order valence-electron chi connectivity index (χ0n) is 13.5. The van der Waals surface area contributed by atoms with E-state index in [0.717, 1.165) is 28.5 Å². The zero-order valence-corrected chi connectivity index (χ0v) is 13.5. The molecule has 0 unspecified atom stereocenters. The molecule has 0 atom stereocenters. The number of hydrogen-bond acceptors (Lipinski definition) is 2. The van der Waals surface area contributed by atoms with E-state index in [4.69, 9.17) is 0 Å². The van der Waals surface area contributed by atoms with E-state index in [0.29, 0.717) is 6.54 Å². The molecule has 0 radical (unpaired) electrons. The topological polar surface area (TPSA) is 54.1 Å². The molecule has 6 heteroatoms. The summed E-state index contributed by atoms with van der Waals surface area (Å²) in [6.07, 6.45) is 2.89. The van der Waals surface area contributed by atoms with Gasteiger partial charge in [-0.25, -0.2) is 0 Å². The summed E-state index contributed by atoms with van der Waals surface area (Å²) in [6.45, 7) is -2.31. The van der Waals surface area contributed by atoms with E-state index >= 15 is 0 Å². The molecule has 1 aromatic heterocycles. The minimum absolute atomic E-state index is 0.0819. The lowest BCUT2D eigenvalue weighted by Crippen LogP contribution is -2.27. The second kappa shape index (κ2) is 7.79. The Morgan fingerprint density at radius 2 is 1.88 bits per heavy atom. The number of rotatable bonds is 7. The number of hydrogen-bond donors (Lipinski definition) is 2. The number of aromatic amines is 1. The summed E-state index contributed by atoms with van der Waals surface area (Å²) in [5.74, 6) is -0.0270. The minimum atomic E-state index is -2.85. The first-order valence-corrected chi connectivity index (χ1v) is 7.97. The molecule has 0 saturated carbocycles. The van der Waals surface area contributed by atoms with Crippen LogP contribution in [0.15, 0.2) is 54.7 Å². The lowest BCUT2D eigenvalue weighted by molar-refractivity contribution is -0.120. The van der Waals surface area contributed by atoms with Crippen molar-refractivity contribution in [3.8, 4) is 5.75 Å². The Morgan fingerprint density at radius 3 is 2.64 bits per heavy atom. The fourth-order valence-corrected chi connectivity index (χ4v) is 2.71. The Labute approximate surface area is 143 Å². The maximum absolute atomic E-state index is 12.1. The molecule has 0 aliphatic rings. The van der Waals surface area contributed by atoms with Crippen molar-refractivity contribution >= 4 is 16.8 Å². The Balaban J connectivity index is 1.48. The van der Waals surface area contributed by atoms with Crippen LogP contribution < -0.4 is 10.1 Å². The fourth-order valence-electron chi connectivity index (χ4n) is 2.71. The number of carbonyl (C=O) groups excluding carboxylic acids is 1. The molecule has 1 heterocycles. The monoisotopic (exact) mass is 344 g/mol. The van der Waals surface area contributed by atoms with Gasteiger partial charge in [-0.15, -0.1) is 0 Å². The van der Waals surface area contributed by atoms with Crippen LogP contribution in [0.25, 0.3) is 10.9 Å². The molecule has 0 aliphatic carbocycles. The van der Waals surface area contributed by atoms with Crippen LogP contribution in [0, 0.1) is 0 Å².